The largest absolute Gasteiger partial charge is 0.389 e. The van der Waals surface area contributed by atoms with Gasteiger partial charge in [0.1, 0.15) is 0 Å². The summed E-state index contributed by atoms with van der Waals surface area (Å²) in [6.07, 6.45) is 6.08. The highest BCUT2D eigenvalue weighted by atomic mass is 16.3. The molecule has 2 rings (SSSR count). The molecule has 0 amide bonds. The van der Waals surface area contributed by atoms with Crippen LogP contribution < -0.4 is 0 Å². The number of hydrogen-bond donors (Lipinski definition) is 1. The number of rotatable bonds is 3. The SMILES string of the molecule is CN1CCC(O)(CCC2CC2)C1. The Morgan fingerprint density at radius 3 is 2.75 bits per heavy atom. The highest BCUT2D eigenvalue weighted by Crippen LogP contribution is 2.37. The molecule has 2 fully saturated rings. The van der Waals surface area contributed by atoms with Crippen LogP contribution in [-0.4, -0.2) is 35.7 Å². The predicted octanol–water partition coefficient (Wildman–Crippen LogP) is 1.24. The lowest BCUT2D eigenvalue weighted by molar-refractivity contribution is 0.0397. The van der Waals surface area contributed by atoms with Gasteiger partial charge in [0.25, 0.3) is 0 Å². The Labute approximate surface area is 74.6 Å². The molecular weight excluding hydrogens is 150 g/mol. The van der Waals surface area contributed by atoms with E-state index in [0.29, 0.717) is 0 Å². The molecule has 1 saturated heterocycles. The summed E-state index contributed by atoms with van der Waals surface area (Å²) >= 11 is 0. The summed E-state index contributed by atoms with van der Waals surface area (Å²) in [4.78, 5) is 2.23. The van der Waals surface area contributed by atoms with Crippen LogP contribution in [0.25, 0.3) is 0 Å². The normalized spacial score (nSPS) is 37.5. The molecule has 0 spiro atoms. The Morgan fingerprint density at radius 1 is 1.50 bits per heavy atom. The minimum absolute atomic E-state index is 0.336. The van der Waals surface area contributed by atoms with Crippen molar-refractivity contribution >= 4 is 0 Å². The summed E-state index contributed by atoms with van der Waals surface area (Å²) < 4.78 is 0. The summed E-state index contributed by atoms with van der Waals surface area (Å²) in [5.74, 6) is 0.958. The molecule has 0 aromatic carbocycles. The van der Waals surface area contributed by atoms with Crippen molar-refractivity contribution in [3.63, 3.8) is 0 Å². The van der Waals surface area contributed by atoms with Gasteiger partial charge < -0.3 is 10.0 Å². The second-order valence-corrected chi connectivity index (χ2v) is 4.69. The van der Waals surface area contributed by atoms with Crippen LogP contribution in [0.3, 0.4) is 0 Å². The second-order valence-electron chi connectivity index (χ2n) is 4.69. The minimum atomic E-state index is -0.336. The average Bonchev–Trinajstić information content (AvgIpc) is 2.77. The van der Waals surface area contributed by atoms with Crippen molar-refractivity contribution in [3.05, 3.63) is 0 Å². The Hall–Kier alpha value is -0.0800. The van der Waals surface area contributed by atoms with E-state index in [4.69, 9.17) is 0 Å². The van der Waals surface area contributed by atoms with Gasteiger partial charge >= 0.3 is 0 Å². The van der Waals surface area contributed by atoms with Crippen LogP contribution in [-0.2, 0) is 0 Å². The molecule has 70 valence electrons. The van der Waals surface area contributed by atoms with Crippen LogP contribution in [0, 0.1) is 5.92 Å². The van der Waals surface area contributed by atoms with E-state index < -0.39 is 0 Å². The fourth-order valence-corrected chi connectivity index (χ4v) is 2.14. The van der Waals surface area contributed by atoms with E-state index in [0.717, 1.165) is 31.8 Å². The maximum absolute atomic E-state index is 10.1. The fourth-order valence-electron chi connectivity index (χ4n) is 2.14. The van der Waals surface area contributed by atoms with Gasteiger partial charge in [-0.1, -0.05) is 12.8 Å². The maximum Gasteiger partial charge on any atom is 0.0786 e. The molecule has 2 nitrogen and oxygen atoms in total. The van der Waals surface area contributed by atoms with Gasteiger partial charge in [-0.05, 0) is 32.2 Å². The Balaban J connectivity index is 1.76. The first kappa shape index (κ1) is 8.52. The number of likely N-dealkylation sites (tertiary alicyclic amines) is 1. The predicted molar refractivity (Wildman–Crippen MR) is 49.0 cm³/mol. The van der Waals surface area contributed by atoms with Crippen molar-refractivity contribution < 1.29 is 5.11 Å². The zero-order valence-electron chi connectivity index (χ0n) is 7.92. The second kappa shape index (κ2) is 3.00. The molecule has 0 aromatic rings. The minimum Gasteiger partial charge on any atom is -0.389 e. The molecule has 1 atom stereocenters. The van der Waals surface area contributed by atoms with Crippen LogP contribution in [0.4, 0.5) is 0 Å². The quantitative estimate of drug-likeness (QED) is 0.687. The highest BCUT2D eigenvalue weighted by Gasteiger charge is 2.35. The van der Waals surface area contributed by atoms with E-state index in [2.05, 4.69) is 11.9 Å². The van der Waals surface area contributed by atoms with Crippen LogP contribution >= 0.6 is 0 Å². The summed E-state index contributed by atoms with van der Waals surface area (Å²) in [5.41, 5.74) is -0.336. The molecule has 1 aliphatic heterocycles. The standard InChI is InChI=1S/C10H19NO/c1-11-7-6-10(12,8-11)5-4-9-2-3-9/h9,12H,2-8H2,1H3. The van der Waals surface area contributed by atoms with E-state index in [-0.39, 0.29) is 5.60 Å². The van der Waals surface area contributed by atoms with E-state index in [1.165, 1.54) is 19.3 Å². The number of aliphatic hydroxyl groups is 1. The molecule has 2 aliphatic rings. The van der Waals surface area contributed by atoms with Crippen LogP contribution in [0.1, 0.15) is 32.1 Å². The lowest BCUT2D eigenvalue weighted by Crippen LogP contribution is -2.31. The summed E-state index contributed by atoms with van der Waals surface area (Å²) in [6.45, 7) is 1.96. The van der Waals surface area contributed by atoms with E-state index >= 15 is 0 Å². The number of hydrogen-bond acceptors (Lipinski definition) is 2. The molecule has 1 saturated carbocycles. The van der Waals surface area contributed by atoms with Gasteiger partial charge in [-0.3, -0.25) is 0 Å². The highest BCUT2D eigenvalue weighted by molar-refractivity contribution is 4.90. The average molecular weight is 169 g/mol. The smallest absolute Gasteiger partial charge is 0.0786 e. The summed E-state index contributed by atoms with van der Waals surface area (Å²) in [7, 11) is 2.09. The zero-order chi connectivity index (χ0) is 8.60. The van der Waals surface area contributed by atoms with E-state index in [9.17, 15) is 5.11 Å². The van der Waals surface area contributed by atoms with Gasteiger partial charge in [-0.15, -0.1) is 0 Å². The third kappa shape index (κ3) is 1.99. The molecule has 1 aliphatic carbocycles. The fraction of sp³-hybridized carbons (Fsp3) is 1.00. The van der Waals surface area contributed by atoms with Crippen molar-refractivity contribution in [3.8, 4) is 0 Å². The number of nitrogens with zero attached hydrogens (tertiary/aromatic N) is 1. The Kier molecular flexibility index (Phi) is 2.13. The van der Waals surface area contributed by atoms with Crippen LogP contribution in [0.5, 0.6) is 0 Å². The van der Waals surface area contributed by atoms with Crippen molar-refractivity contribution in [2.75, 3.05) is 20.1 Å². The van der Waals surface area contributed by atoms with Gasteiger partial charge in [0.05, 0.1) is 5.60 Å². The molecule has 1 unspecified atom stereocenters. The molecule has 0 bridgehead atoms. The molecule has 12 heavy (non-hydrogen) atoms. The molecule has 1 N–H and O–H groups in total. The topological polar surface area (TPSA) is 23.5 Å². The summed E-state index contributed by atoms with van der Waals surface area (Å²) in [6, 6.07) is 0. The zero-order valence-corrected chi connectivity index (χ0v) is 7.92. The third-order valence-electron chi connectivity index (χ3n) is 3.24. The van der Waals surface area contributed by atoms with E-state index in [1.807, 2.05) is 0 Å². The molecular formula is C10H19NO. The van der Waals surface area contributed by atoms with Gasteiger partial charge in [0, 0.05) is 13.1 Å². The van der Waals surface area contributed by atoms with Crippen molar-refractivity contribution in [1.82, 2.24) is 4.90 Å². The van der Waals surface area contributed by atoms with Crippen molar-refractivity contribution in [1.29, 1.82) is 0 Å². The van der Waals surface area contributed by atoms with Gasteiger partial charge in [0.15, 0.2) is 0 Å². The Bertz CT molecular complexity index is 167. The van der Waals surface area contributed by atoms with Crippen LogP contribution in [0.2, 0.25) is 0 Å². The first-order chi connectivity index (χ1) is 5.68. The monoisotopic (exact) mass is 169 g/mol. The van der Waals surface area contributed by atoms with Crippen molar-refractivity contribution in [2.24, 2.45) is 5.92 Å². The summed E-state index contributed by atoms with van der Waals surface area (Å²) in [5, 5.41) is 10.1. The number of likely N-dealkylation sites (N-methyl/N-ethyl adjacent to an activating group) is 1. The van der Waals surface area contributed by atoms with Gasteiger partial charge in [-0.2, -0.15) is 0 Å². The lowest BCUT2D eigenvalue weighted by Gasteiger charge is -2.21. The maximum atomic E-state index is 10.1. The van der Waals surface area contributed by atoms with Gasteiger partial charge in [-0.25, -0.2) is 0 Å². The first-order valence-electron chi connectivity index (χ1n) is 5.09. The molecule has 2 heteroatoms. The lowest BCUT2D eigenvalue weighted by atomic mass is 9.95. The van der Waals surface area contributed by atoms with Gasteiger partial charge in [0.2, 0.25) is 0 Å². The third-order valence-corrected chi connectivity index (χ3v) is 3.24. The molecule has 0 aromatic heterocycles. The van der Waals surface area contributed by atoms with E-state index in [1.54, 1.807) is 0 Å². The first-order valence-corrected chi connectivity index (χ1v) is 5.09. The van der Waals surface area contributed by atoms with Crippen molar-refractivity contribution in [2.45, 2.75) is 37.7 Å². The van der Waals surface area contributed by atoms with Crippen LogP contribution in [0.15, 0.2) is 0 Å². The molecule has 0 radical (unpaired) electrons. The number of β-amino-alcohol motifs (C(OH)–C–C–N with tert-alkyl or cyclic N) is 1. The Morgan fingerprint density at radius 2 is 2.25 bits per heavy atom. The molecule has 1 heterocycles.